The van der Waals surface area contributed by atoms with E-state index in [1.165, 1.54) is 0 Å². The first-order valence-corrected chi connectivity index (χ1v) is 7.82. The highest BCUT2D eigenvalue weighted by Gasteiger charge is 2.52. The SMILES string of the molecule is C#CCNC(=O)CCC1=[N+]2C(=Cc3c(C)cc(C)n3[B-]2(F)F)C=C1. The van der Waals surface area contributed by atoms with Gasteiger partial charge in [-0.15, -0.1) is 6.42 Å². The van der Waals surface area contributed by atoms with E-state index in [0.717, 1.165) is 14.5 Å². The fraction of sp³-hybridized carbons (Fsp3) is 0.294. The molecular weight excluding hydrogens is 311 g/mol. The molecule has 2 aliphatic rings. The summed E-state index contributed by atoms with van der Waals surface area (Å²) in [6.07, 6.45) is 10.5. The number of nitrogens with one attached hydrogen (secondary N) is 1. The molecule has 3 heterocycles. The maximum absolute atomic E-state index is 15.1. The van der Waals surface area contributed by atoms with Gasteiger partial charge >= 0.3 is 6.97 Å². The van der Waals surface area contributed by atoms with Gasteiger partial charge in [-0.05, 0) is 31.2 Å². The molecule has 1 aromatic heterocycles. The summed E-state index contributed by atoms with van der Waals surface area (Å²) in [5.74, 6) is 2.07. The second-order valence-electron chi connectivity index (χ2n) is 6.06. The van der Waals surface area contributed by atoms with Crippen LogP contribution in [0, 0.1) is 26.2 Å². The third-order valence-corrected chi connectivity index (χ3v) is 4.40. The van der Waals surface area contributed by atoms with Crippen LogP contribution >= 0.6 is 0 Å². The van der Waals surface area contributed by atoms with Gasteiger partial charge < -0.3 is 22.9 Å². The molecule has 0 unspecified atom stereocenters. The summed E-state index contributed by atoms with van der Waals surface area (Å²) in [4.78, 5) is 11.7. The van der Waals surface area contributed by atoms with Crippen molar-refractivity contribution in [2.24, 2.45) is 0 Å². The van der Waals surface area contributed by atoms with E-state index in [1.807, 2.05) is 6.92 Å². The van der Waals surface area contributed by atoms with Crippen LogP contribution in [-0.4, -0.2) is 34.1 Å². The van der Waals surface area contributed by atoms with Crippen LogP contribution in [0.4, 0.5) is 8.63 Å². The molecule has 4 nitrogen and oxygen atoms in total. The molecule has 124 valence electrons. The Morgan fingerprint density at radius 3 is 2.88 bits per heavy atom. The van der Waals surface area contributed by atoms with E-state index >= 15 is 8.63 Å². The molecule has 3 rings (SSSR count). The van der Waals surface area contributed by atoms with Crippen LogP contribution in [0.1, 0.15) is 29.8 Å². The van der Waals surface area contributed by atoms with Gasteiger partial charge in [0.1, 0.15) is 5.71 Å². The number of carbonyl (C=O) groups excluding carboxylic acids is 1. The maximum Gasteiger partial charge on any atom is 0.737 e. The van der Waals surface area contributed by atoms with Crippen molar-refractivity contribution in [1.29, 1.82) is 0 Å². The lowest BCUT2D eigenvalue weighted by Crippen LogP contribution is -2.50. The molecule has 24 heavy (non-hydrogen) atoms. The molecule has 7 heteroatoms. The monoisotopic (exact) mass is 329 g/mol. The Kier molecular flexibility index (Phi) is 3.92. The lowest BCUT2D eigenvalue weighted by molar-refractivity contribution is -0.362. The van der Waals surface area contributed by atoms with Gasteiger partial charge in [-0.25, -0.2) is 0 Å². The largest absolute Gasteiger partial charge is 0.737 e. The number of amides is 1. The zero-order valence-electron chi connectivity index (χ0n) is 13.6. The number of hydrogen-bond acceptors (Lipinski definition) is 1. The third-order valence-electron chi connectivity index (χ3n) is 4.40. The van der Waals surface area contributed by atoms with E-state index in [-0.39, 0.29) is 25.3 Å². The molecule has 1 amide bonds. The Morgan fingerprint density at radius 1 is 1.42 bits per heavy atom. The molecule has 0 saturated heterocycles. The zero-order valence-corrected chi connectivity index (χ0v) is 13.6. The minimum atomic E-state index is -3.97. The first kappa shape index (κ1) is 16.3. The number of nitrogens with zero attached hydrogens (tertiary/aromatic N) is 2. The van der Waals surface area contributed by atoms with Crippen LogP contribution in [0.25, 0.3) is 6.08 Å². The molecule has 0 atom stereocenters. The number of allylic oxidation sites excluding steroid dienone is 2. The van der Waals surface area contributed by atoms with Gasteiger partial charge in [-0.2, -0.15) is 0 Å². The fourth-order valence-corrected chi connectivity index (χ4v) is 3.38. The number of aromatic nitrogens is 1. The van der Waals surface area contributed by atoms with Crippen molar-refractivity contribution in [3.63, 3.8) is 0 Å². The fourth-order valence-electron chi connectivity index (χ4n) is 3.38. The first-order valence-electron chi connectivity index (χ1n) is 7.82. The van der Waals surface area contributed by atoms with E-state index in [1.54, 1.807) is 31.2 Å². The second-order valence-corrected chi connectivity index (χ2v) is 6.06. The van der Waals surface area contributed by atoms with Crippen LogP contribution in [0.3, 0.4) is 0 Å². The molecule has 2 aliphatic heterocycles. The van der Waals surface area contributed by atoms with Crippen LogP contribution in [0.5, 0.6) is 0 Å². The molecule has 0 fully saturated rings. The maximum atomic E-state index is 15.1. The number of aryl methyl sites for hydroxylation is 2. The van der Waals surface area contributed by atoms with E-state index in [4.69, 9.17) is 6.42 Å². The molecule has 0 radical (unpaired) electrons. The molecular formula is C17H18BF2N3O. The lowest BCUT2D eigenvalue weighted by atomic mass is 9.90. The summed E-state index contributed by atoms with van der Waals surface area (Å²) < 4.78 is 32.4. The predicted octanol–water partition coefficient (Wildman–Crippen LogP) is 2.24. The van der Waals surface area contributed by atoms with Crippen molar-refractivity contribution >= 4 is 24.7 Å². The standard InChI is InChI=1S/C17H18BF2N3O/c1-4-9-21-17(24)8-7-14-5-6-15-11-16-12(2)10-13(3)22(16)18(19,20)23(14)15/h1,5-6,10-11H,7-9H2,2-3H3,(H,21,24). The van der Waals surface area contributed by atoms with Gasteiger partial charge in [0.05, 0.1) is 6.54 Å². The van der Waals surface area contributed by atoms with Crippen molar-refractivity contribution < 1.29 is 17.9 Å². The molecule has 0 spiro atoms. The predicted molar refractivity (Wildman–Crippen MR) is 90.7 cm³/mol. The van der Waals surface area contributed by atoms with Gasteiger partial charge in [0, 0.05) is 36.8 Å². The van der Waals surface area contributed by atoms with Crippen molar-refractivity contribution in [2.45, 2.75) is 26.7 Å². The van der Waals surface area contributed by atoms with E-state index in [2.05, 4.69) is 11.2 Å². The van der Waals surface area contributed by atoms with Gasteiger partial charge in [0.15, 0.2) is 5.70 Å². The van der Waals surface area contributed by atoms with Crippen LogP contribution in [-0.2, 0) is 4.79 Å². The van der Waals surface area contributed by atoms with Crippen LogP contribution in [0.2, 0.25) is 0 Å². The Hall–Kier alpha value is -2.62. The van der Waals surface area contributed by atoms with Crippen molar-refractivity contribution in [3.8, 4) is 12.3 Å². The highest BCUT2D eigenvalue weighted by Crippen LogP contribution is 2.34. The topological polar surface area (TPSA) is 37.0 Å². The van der Waals surface area contributed by atoms with Gasteiger partial charge in [-0.3, -0.25) is 4.79 Å². The summed E-state index contributed by atoms with van der Waals surface area (Å²) in [6.45, 7) is -0.314. The summed E-state index contributed by atoms with van der Waals surface area (Å²) >= 11 is 0. The van der Waals surface area contributed by atoms with Crippen molar-refractivity contribution in [3.05, 3.63) is 40.9 Å². The normalized spacial score (nSPS) is 17.2. The summed E-state index contributed by atoms with van der Waals surface area (Å²) in [6, 6.07) is 1.76. The first-order chi connectivity index (χ1) is 11.4. The highest BCUT2D eigenvalue weighted by atomic mass is 19.2. The number of fused-ring (bicyclic) bond motifs is 2. The quantitative estimate of drug-likeness (QED) is 0.668. The molecule has 0 aromatic carbocycles. The Balaban J connectivity index is 1.93. The lowest BCUT2D eigenvalue weighted by Gasteiger charge is -2.30. The summed E-state index contributed by atoms with van der Waals surface area (Å²) in [5.41, 5.74) is 2.81. The molecule has 0 bridgehead atoms. The Morgan fingerprint density at radius 2 is 2.17 bits per heavy atom. The van der Waals surface area contributed by atoms with Crippen LogP contribution < -0.4 is 5.32 Å². The van der Waals surface area contributed by atoms with E-state index in [0.29, 0.717) is 22.8 Å². The average Bonchev–Trinajstić information content (AvgIpc) is 3.05. The average molecular weight is 329 g/mol. The molecule has 0 aliphatic carbocycles. The number of carbonyl (C=O) groups is 1. The van der Waals surface area contributed by atoms with E-state index < -0.39 is 6.97 Å². The Bertz CT molecular complexity index is 856. The van der Waals surface area contributed by atoms with Crippen molar-refractivity contribution in [2.75, 3.05) is 6.54 Å². The molecule has 1 aromatic rings. The summed E-state index contributed by atoms with van der Waals surface area (Å²) in [5, 5.41) is 2.54. The molecule has 1 N–H and O–H groups in total. The van der Waals surface area contributed by atoms with Gasteiger partial charge in [-0.1, -0.05) is 5.92 Å². The second kappa shape index (κ2) is 5.79. The minimum Gasteiger partial charge on any atom is -0.394 e. The number of hydrogen-bond donors (Lipinski definition) is 1. The van der Waals surface area contributed by atoms with Crippen molar-refractivity contribution in [1.82, 2.24) is 9.79 Å². The number of halogens is 2. The van der Waals surface area contributed by atoms with Gasteiger partial charge in [0.25, 0.3) is 0 Å². The number of rotatable bonds is 4. The van der Waals surface area contributed by atoms with E-state index in [9.17, 15) is 4.79 Å². The summed E-state index contributed by atoms with van der Waals surface area (Å²) in [7, 11) is 0. The molecule has 0 saturated carbocycles. The van der Waals surface area contributed by atoms with Crippen LogP contribution in [0.15, 0.2) is 23.9 Å². The number of terminal acetylenes is 1. The highest BCUT2D eigenvalue weighted by molar-refractivity contribution is 6.58. The smallest absolute Gasteiger partial charge is 0.394 e. The minimum absolute atomic E-state index is 0.119. The van der Waals surface area contributed by atoms with Gasteiger partial charge in [0.2, 0.25) is 5.91 Å². The third kappa shape index (κ3) is 2.48. The zero-order chi connectivity index (χ0) is 17.5. The Labute approximate surface area is 139 Å².